The minimum absolute atomic E-state index is 0.122. The van der Waals surface area contributed by atoms with Crippen LogP contribution >= 0.6 is 11.3 Å². The maximum Gasteiger partial charge on any atom is 0.343 e. The van der Waals surface area contributed by atoms with E-state index < -0.39 is 23.9 Å². The molecule has 0 N–H and O–H groups in total. The molecule has 55 heavy (non-hydrogen) atoms. The Morgan fingerprint density at radius 2 is 1.55 bits per heavy atom. The van der Waals surface area contributed by atoms with Crippen LogP contribution in [-0.2, 0) is 30.4 Å². The lowest BCUT2D eigenvalue weighted by atomic mass is 9.95. The van der Waals surface area contributed by atoms with Crippen LogP contribution in [0, 0.1) is 0 Å². The fourth-order valence-corrected chi connectivity index (χ4v) is 7.21. The highest BCUT2D eigenvalue weighted by Crippen LogP contribution is 2.37. The molecule has 0 amide bonds. The summed E-state index contributed by atoms with van der Waals surface area (Å²) in [6.07, 6.45) is 1.79. The van der Waals surface area contributed by atoms with E-state index in [4.69, 9.17) is 33.4 Å². The molecule has 1 atom stereocenters. The molecule has 6 rings (SSSR count). The molecule has 0 unspecified atom stereocenters. The zero-order valence-corrected chi connectivity index (χ0v) is 31.9. The molecular weight excluding hydrogens is 725 g/mol. The second kappa shape index (κ2) is 17.3. The molecule has 0 saturated heterocycles. The summed E-state index contributed by atoms with van der Waals surface area (Å²) in [5, 5.41) is 1.82. The summed E-state index contributed by atoms with van der Waals surface area (Å²) in [6, 6.07) is 22.7. The predicted octanol–water partition coefficient (Wildman–Crippen LogP) is 5.66. The normalized spacial score (nSPS) is 13.8. The van der Waals surface area contributed by atoms with E-state index in [1.807, 2.05) is 48.5 Å². The second-order valence-corrected chi connectivity index (χ2v) is 13.2. The van der Waals surface area contributed by atoms with Gasteiger partial charge in [0, 0.05) is 5.56 Å². The van der Waals surface area contributed by atoms with E-state index in [9.17, 15) is 19.2 Å². The summed E-state index contributed by atoms with van der Waals surface area (Å²) >= 11 is 1.19. The van der Waals surface area contributed by atoms with E-state index in [0.29, 0.717) is 49.0 Å². The number of methoxy groups -OCH3 is 1. The van der Waals surface area contributed by atoms with E-state index in [2.05, 4.69) is 0 Å². The summed E-state index contributed by atoms with van der Waals surface area (Å²) in [5.74, 6) is -0.408. The van der Waals surface area contributed by atoms with Crippen molar-refractivity contribution in [3.63, 3.8) is 0 Å². The summed E-state index contributed by atoms with van der Waals surface area (Å²) in [6.45, 7) is 7.55. The Morgan fingerprint density at radius 3 is 2.27 bits per heavy atom. The standard InChI is InChI=1S/C42H40N2O10S/c1-6-50-34-21-29(18-20-33(34)54-24-36(45)49-5)38-37(41(48)52-8-3)25(4)43-42-44(38)39(46)35(55-42)22-31-30-12-10-9-11-27(30)17-19-32(31)53-23-26-13-15-28(16-14-26)40(47)51-7-2/h9-22,38H,6-8,23-24H2,1-5H3/b35-22+/t38-/m1/s1. The van der Waals surface area contributed by atoms with Gasteiger partial charge in [0.05, 0.1) is 54.3 Å². The molecule has 13 heteroatoms. The summed E-state index contributed by atoms with van der Waals surface area (Å²) < 4.78 is 35.1. The minimum Gasteiger partial charge on any atom is -0.490 e. The van der Waals surface area contributed by atoms with Gasteiger partial charge in [0.2, 0.25) is 0 Å². The van der Waals surface area contributed by atoms with E-state index >= 15 is 0 Å². The third-order valence-corrected chi connectivity index (χ3v) is 9.72. The number of ether oxygens (including phenoxy) is 6. The number of thiazole rings is 1. The van der Waals surface area contributed by atoms with Gasteiger partial charge in [0.25, 0.3) is 5.56 Å². The van der Waals surface area contributed by atoms with Crippen molar-refractivity contribution in [3.8, 4) is 17.2 Å². The third-order valence-electron chi connectivity index (χ3n) is 8.74. The number of fused-ring (bicyclic) bond motifs is 2. The van der Waals surface area contributed by atoms with Gasteiger partial charge in [0.1, 0.15) is 12.4 Å². The lowest BCUT2D eigenvalue weighted by Crippen LogP contribution is -2.40. The molecule has 4 aromatic carbocycles. The van der Waals surface area contributed by atoms with Crippen LogP contribution in [0.1, 0.15) is 60.8 Å². The molecular formula is C42H40N2O10S. The summed E-state index contributed by atoms with van der Waals surface area (Å²) in [4.78, 5) is 57.2. The number of hydrogen-bond donors (Lipinski definition) is 0. The van der Waals surface area contributed by atoms with Crippen LogP contribution in [0.4, 0.5) is 0 Å². The number of esters is 3. The highest BCUT2D eigenvalue weighted by molar-refractivity contribution is 7.07. The zero-order chi connectivity index (χ0) is 39.1. The molecule has 0 spiro atoms. The van der Waals surface area contributed by atoms with Crippen LogP contribution in [0.3, 0.4) is 0 Å². The van der Waals surface area contributed by atoms with Gasteiger partial charge in [-0.3, -0.25) is 9.36 Å². The first-order chi connectivity index (χ1) is 26.7. The lowest BCUT2D eigenvalue weighted by Gasteiger charge is -2.25. The smallest absolute Gasteiger partial charge is 0.343 e. The molecule has 2 heterocycles. The molecule has 5 aromatic rings. The van der Waals surface area contributed by atoms with Crippen molar-refractivity contribution >= 4 is 46.1 Å². The van der Waals surface area contributed by atoms with Crippen LogP contribution in [-0.4, -0.2) is 56.0 Å². The van der Waals surface area contributed by atoms with Crippen molar-refractivity contribution in [2.45, 2.75) is 40.3 Å². The van der Waals surface area contributed by atoms with Gasteiger partial charge in [-0.15, -0.1) is 0 Å². The van der Waals surface area contributed by atoms with Crippen LogP contribution in [0.25, 0.3) is 16.8 Å². The molecule has 1 aliphatic rings. The Morgan fingerprint density at radius 1 is 0.818 bits per heavy atom. The number of nitrogens with zero attached hydrogens (tertiary/aromatic N) is 2. The fraction of sp³-hybridized carbons (Fsp3) is 0.262. The number of aromatic nitrogens is 1. The summed E-state index contributed by atoms with van der Waals surface area (Å²) in [5.41, 5.74) is 2.75. The van der Waals surface area contributed by atoms with Gasteiger partial charge < -0.3 is 28.4 Å². The number of carbonyl (C=O) groups is 3. The van der Waals surface area contributed by atoms with Gasteiger partial charge in [0.15, 0.2) is 22.9 Å². The van der Waals surface area contributed by atoms with Crippen LogP contribution in [0.5, 0.6) is 17.2 Å². The first kappa shape index (κ1) is 38.5. The van der Waals surface area contributed by atoms with E-state index in [1.54, 1.807) is 64.1 Å². The SMILES string of the molecule is CCOC(=O)C1=C(C)N=c2s/c(=C/c3c(OCc4ccc(C(=O)OCC)cc4)ccc4ccccc34)c(=O)n2[C@@H]1c1ccc(OCC(=O)OC)c(OCC)c1. The molecule has 0 radical (unpaired) electrons. The van der Waals surface area contributed by atoms with Crippen molar-refractivity contribution in [1.29, 1.82) is 0 Å². The maximum atomic E-state index is 14.6. The zero-order valence-electron chi connectivity index (χ0n) is 31.1. The molecule has 0 fully saturated rings. The molecule has 1 aliphatic heterocycles. The first-order valence-electron chi connectivity index (χ1n) is 17.7. The maximum absolute atomic E-state index is 14.6. The average molecular weight is 765 g/mol. The third kappa shape index (κ3) is 8.31. The topological polar surface area (TPSA) is 141 Å². The van der Waals surface area contributed by atoms with Gasteiger partial charge in [-0.1, -0.05) is 59.9 Å². The molecule has 0 bridgehead atoms. The van der Waals surface area contributed by atoms with Crippen molar-refractivity contribution in [1.82, 2.24) is 4.57 Å². The van der Waals surface area contributed by atoms with Crippen molar-refractivity contribution in [3.05, 3.63) is 132 Å². The minimum atomic E-state index is -0.924. The highest BCUT2D eigenvalue weighted by atomic mass is 32.1. The largest absolute Gasteiger partial charge is 0.490 e. The molecule has 1 aromatic heterocycles. The van der Waals surface area contributed by atoms with Crippen molar-refractivity contribution < 1.29 is 42.8 Å². The number of hydrogen-bond acceptors (Lipinski definition) is 12. The molecule has 0 saturated carbocycles. The number of carbonyl (C=O) groups excluding carboxylic acids is 3. The van der Waals surface area contributed by atoms with Gasteiger partial charge in [-0.2, -0.15) is 0 Å². The quantitative estimate of drug-likeness (QED) is 0.103. The Kier molecular flexibility index (Phi) is 12.1. The van der Waals surface area contributed by atoms with Crippen LogP contribution < -0.4 is 29.1 Å². The Hall–Kier alpha value is -6.21. The molecule has 12 nitrogen and oxygen atoms in total. The van der Waals surface area contributed by atoms with Crippen molar-refractivity contribution in [2.24, 2.45) is 4.99 Å². The first-order valence-corrected chi connectivity index (χ1v) is 18.6. The Labute approximate surface area is 320 Å². The summed E-state index contributed by atoms with van der Waals surface area (Å²) in [7, 11) is 1.27. The predicted molar refractivity (Wildman–Crippen MR) is 206 cm³/mol. The lowest BCUT2D eigenvalue weighted by molar-refractivity contribution is -0.143. The average Bonchev–Trinajstić information content (AvgIpc) is 3.50. The molecule has 0 aliphatic carbocycles. The van der Waals surface area contributed by atoms with Gasteiger partial charge in [-0.05, 0) is 86.0 Å². The molecule has 284 valence electrons. The second-order valence-electron chi connectivity index (χ2n) is 12.2. The Balaban J connectivity index is 1.45. The van der Waals surface area contributed by atoms with E-state index in [0.717, 1.165) is 16.3 Å². The Bertz CT molecular complexity index is 2460. The van der Waals surface area contributed by atoms with E-state index in [-0.39, 0.29) is 44.2 Å². The van der Waals surface area contributed by atoms with E-state index in [1.165, 1.54) is 23.0 Å². The fourth-order valence-electron chi connectivity index (χ4n) is 6.18. The highest BCUT2D eigenvalue weighted by Gasteiger charge is 2.34. The van der Waals surface area contributed by atoms with Gasteiger partial charge in [-0.25, -0.2) is 19.4 Å². The van der Waals surface area contributed by atoms with Crippen LogP contribution in [0.15, 0.2) is 99.9 Å². The number of allylic oxidation sites excluding steroid dienone is 1. The van der Waals surface area contributed by atoms with Crippen molar-refractivity contribution in [2.75, 3.05) is 33.5 Å². The number of benzene rings is 4. The van der Waals surface area contributed by atoms with Gasteiger partial charge >= 0.3 is 17.9 Å². The monoisotopic (exact) mass is 764 g/mol. The number of rotatable bonds is 14. The van der Waals surface area contributed by atoms with Crippen LogP contribution in [0.2, 0.25) is 0 Å².